The number of nitrogens with zero attached hydrogens (tertiary/aromatic N) is 2. The third-order valence-electron chi connectivity index (χ3n) is 4.89. The largest absolute Gasteiger partial charge is 0.353 e. The SMILES string of the molecule is C[C@H](CCc1ccccc1)NC(=O)CSc1nc2c(sc(=S)n2-c2ccccc2)c(=O)[nH]1. The minimum absolute atomic E-state index is 0.0534. The third kappa shape index (κ3) is 5.35. The molecule has 164 valence electrons. The van der Waals surface area contributed by atoms with Gasteiger partial charge in [-0.3, -0.25) is 14.2 Å². The van der Waals surface area contributed by atoms with Crippen LogP contribution < -0.4 is 10.9 Å². The fourth-order valence-electron chi connectivity index (χ4n) is 3.32. The molecule has 2 aromatic heterocycles. The Morgan fingerprint density at radius 1 is 1.19 bits per heavy atom. The van der Waals surface area contributed by atoms with Crippen LogP contribution in [0.3, 0.4) is 0 Å². The summed E-state index contributed by atoms with van der Waals surface area (Å²) in [6.45, 7) is 2.00. The quantitative estimate of drug-likeness (QED) is 0.216. The Labute approximate surface area is 198 Å². The topological polar surface area (TPSA) is 79.8 Å². The van der Waals surface area contributed by atoms with Gasteiger partial charge in [0, 0.05) is 11.7 Å². The third-order valence-corrected chi connectivity index (χ3v) is 7.13. The fourth-order valence-corrected chi connectivity index (χ4v) is 5.26. The van der Waals surface area contributed by atoms with Crippen molar-refractivity contribution in [2.45, 2.75) is 31.0 Å². The molecule has 4 aromatic rings. The number of carbonyl (C=O) groups excluding carboxylic acids is 1. The molecule has 0 unspecified atom stereocenters. The van der Waals surface area contributed by atoms with Gasteiger partial charge in [0.15, 0.2) is 14.8 Å². The zero-order valence-electron chi connectivity index (χ0n) is 17.4. The first-order valence-electron chi connectivity index (χ1n) is 10.2. The summed E-state index contributed by atoms with van der Waals surface area (Å²) >= 11 is 7.90. The van der Waals surface area contributed by atoms with Gasteiger partial charge in [-0.2, -0.15) is 0 Å². The number of hydrogen-bond acceptors (Lipinski definition) is 6. The van der Waals surface area contributed by atoms with E-state index in [0.29, 0.717) is 19.5 Å². The molecule has 0 radical (unpaired) electrons. The molecule has 0 aliphatic carbocycles. The summed E-state index contributed by atoms with van der Waals surface area (Å²) in [5.41, 5.74) is 2.36. The average molecular weight is 483 g/mol. The van der Waals surface area contributed by atoms with Crippen LogP contribution in [0.15, 0.2) is 70.6 Å². The molecule has 0 saturated carbocycles. The Morgan fingerprint density at radius 3 is 2.59 bits per heavy atom. The summed E-state index contributed by atoms with van der Waals surface area (Å²) < 4.78 is 2.82. The normalized spacial score (nSPS) is 12.0. The monoisotopic (exact) mass is 482 g/mol. The van der Waals surface area contributed by atoms with E-state index >= 15 is 0 Å². The van der Waals surface area contributed by atoms with Crippen LogP contribution in [0.5, 0.6) is 0 Å². The number of thioether (sulfide) groups is 1. The number of aryl methyl sites for hydroxylation is 1. The summed E-state index contributed by atoms with van der Waals surface area (Å²) in [6, 6.07) is 19.8. The maximum Gasteiger partial charge on any atom is 0.271 e. The maximum absolute atomic E-state index is 12.6. The maximum atomic E-state index is 12.6. The van der Waals surface area contributed by atoms with Crippen molar-refractivity contribution in [2.24, 2.45) is 0 Å². The van der Waals surface area contributed by atoms with E-state index < -0.39 is 0 Å². The first-order chi connectivity index (χ1) is 15.5. The molecule has 6 nitrogen and oxygen atoms in total. The summed E-state index contributed by atoms with van der Waals surface area (Å²) in [7, 11) is 0. The lowest BCUT2D eigenvalue weighted by atomic mass is 10.1. The van der Waals surface area contributed by atoms with Crippen molar-refractivity contribution in [3.8, 4) is 5.69 Å². The van der Waals surface area contributed by atoms with Gasteiger partial charge in [-0.15, -0.1) is 0 Å². The lowest BCUT2D eigenvalue weighted by Crippen LogP contribution is -2.34. The Hall–Kier alpha value is -2.75. The van der Waals surface area contributed by atoms with E-state index in [1.807, 2.05) is 55.5 Å². The van der Waals surface area contributed by atoms with Crippen LogP contribution in [0.1, 0.15) is 18.9 Å². The molecule has 0 spiro atoms. The lowest BCUT2D eigenvalue weighted by molar-refractivity contribution is -0.119. The highest BCUT2D eigenvalue weighted by Crippen LogP contribution is 2.24. The van der Waals surface area contributed by atoms with Crippen LogP contribution in [0.2, 0.25) is 0 Å². The molecule has 0 aliphatic rings. The molecule has 2 heterocycles. The summed E-state index contributed by atoms with van der Waals surface area (Å²) in [5, 5.41) is 3.41. The van der Waals surface area contributed by atoms with Crippen LogP contribution in [0, 0.1) is 3.95 Å². The van der Waals surface area contributed by atoms with Crippen LogP contribution in [0.4, 0.5) is 0 Å². The Bertz CT molecular complexity index is 1330. The van der Waals surface area contributed by atoms with Gasteiger partial charge in [0.25, 0.3) is 5.56 Å². The van der Waals surface area contributed by atoms with Gasteiger partial charge in [0.1, 0.15) is 4.70 Å². The van der Waals surface area contributed by atoms with Crippen molar-refractivity contribution in [3.63, 3.8) is 0 Å². The number of amides is 1. The summed E-state index contributed by atoms with van der Waals surface area (Å²) in [4.78, 5) is 32.3. The number of aromatic amines is 1. The van der Waals surface area contributed by atoms with Gasteiger partial charge < -0.3 is 10.3 Å². The number of aromatic nitrogens is 3. The highest BCUT2D eigenvalue weighted by molar-refractivity contribution is 7.99. The zero-order valence-corrected chi connectivity index (χ0v) is 19.9. The Kier molecular flexibility index (Phi) is 7.19. The molecular weight excluding hydrogens is 460 g/mol. The minimum atomic E-state index is -0.250. The molecule has 2 N–H and O–H groups in total. The molecule has 0 bridgehead atoms. The molecule has 32 heavy (non-hydrogen) atoms. The lowest BCUT2D eigenvalue weighted by Gasteiger charge is -2.13. The van der Waals surface area contributed by atoms with Crippen molar-refractivity contribution < 1.29 is 4.79 Å². The van der Waals surface area contributed by atoms with Crippen molar-refractivity contribution >= 4 is 51.6 Å². The number of nitrogens with one attached hydrogen (secondary N) is 2. The van der Waals surface area contributed by atoms with Crippen molar-refractivity contribution in [1.82, 2.24) is 19.9 Å². The molecule has 4 rings (SSSR count). The number of H-pyrrole nitrogens is 1. The second-order valence-corrected chi connectivity index (χ2v) is 9.95. The van der Waals surface area contributed by atoms with E-state index in [-0.39, 0.29) is 23.3 Å². The highest BCUT2D eigenvalue weighted by Gasteiger charge is 2.15. The number of fused-ring (bicyclic) bond motifs is 1. The Balaban J connectivity index is 1.42. The van der Waals surface area contributed by atoms with Crippen LogP contribution in [-0.4, -0.2) is 32.2 Å². The number of hydrogen-bond donors (Lipinski definition) is 2. The minimum Gasteiger partial charge on any atom is -0.353 e. The van der Waals surface area contributed by atoms with E-state index in [0.717, 1.165) is 18.5 Å². The summed E-state index contributed by atoms with van der Waals surface area (Å²) in [5.74, 6) is 0.0730. The van der Waals surface area contributed by atoms with Gasteiger partial charge in [0.05, 0.1) is 5.75 Å². The van der Waals surface area contributed by atoms with Gasteiger partial charge in [-0.1, -0.05) is 71.6 Å². The molecular formula is C23H22N4O2S3. The highest BCUT2D eigenvalue weighted by atomic mass is 32.2. The first kappa shape index (κ1) is 22.4. The van der Waals surface area contributed by atoms with E-state index in [2.05, 4.69) is 27.4 Å². The standard InChI is InChI=1S/C23H22N4O2S3/c1-15(12-13-16-8-4-2-5-9-16)24-18(28)14-31-22-25-20-19(21(29)26-22)32-23(30)27(20)17-10-6-3-7-11-17/h2-11,15H,12-14H2,1H3,(H,24,28)(H,25,26,29)/t15-/m1/s1. The molecule has 1 amide bonds. The molecule has 1 atom stereocenters. The molecule has 0 aliphatic heterocycles. The number of para-hydroxylation sites is 1. The number of benzene rings is 2. The van der Waals surface area contributed by atoms with Crippen molar-refractivity contribution in [3.05, 3.63) is 80.5 Å². The molecule has 0 fully saturated rings. The molecule has 0 saturated heterocycles. The van der Waals surface area contributed by atoms with Gasteiger partial charge >= 0.3 is 0 Å². The van der Waals surface area contributed by atoms with Crippen LogP contribution in [0.25, 0.3) is 16.0 Å². The van der Waals surface area contributed by atoms with E-state index in [9.17, 15) is 9.59 Å². The smallest absolute Gasteiger partial charge is 0.271 e. The van der Waals surface area contributed by atoms with Gasteiger partial charge in [-0.05, 0) is 49.7 Å². The number of rotatable bonds is 8. The van der Waals surface area contributed by atoms with Crippen LogP contribution in [-0.2, 0) is 11.2 Å². The first-order valence-corrected chi connectivity index (χ1v) is 12.4. The zero-order chi connectivity index (χ0) is 22.5. The number of carbonyl (C=O) groups is 1. The second kappa shape index (κ2) is 10.2. The van der Waals surface area contributed by atoms with Crippen molar-refractivity contribution in [2.75, 3.05) is 5.75 Å². The van der Waals surface area contributed by atoms with E-state index in [4.69, 9.17) is 12.2 Å². The Morgan fingerprint density at radius 2 is 1.88 bits per heavy atom. The fraction of sp³-hybridized carbons (Fsp3) is 0.217. The predicted molar refractivity (Wildman–Crippen MR) is 133 cm³/mol. The van der Waals surface area contributed by atoms with E-state index in [1.54, 1.807) is 4.57 Å². The van der Waals surface area contributed by atoms with Crippen molar-refractivity contribution in [1.29, 1.82) is 0 Å². The summed E-state index contributed by atoms with van der Waals surface area (Å²) in [6.07, 6.45) is 1.76. The van der Waals surface area contributed by atoms with Gasteiger partial charge in [-0.25, -0.2) is 4.98 Å². The average Bonchev–Trinajstić information content (AvgIpc) is 3.14. The van der Waals surface area contributed by atoms with Gasteiger partial charge in [0.2, 0.25) is 5.91 Å². The van der Waals surface area contributed by atoms with Crippen LogP contribution >= 0.6 is 35.3 Å². The van der Waals surface area contributed by atoms with E-state index in [1.165, 1.54) is 28.7 Å². The molecule has 9 heteroatoms. The predicted octanol–water partition coefficient (Wildman–Crippen LogP) is 4.73. The number of thiazole rings is 1. The molecule has 2 aromatic carbocycles. The second-order valence-electron chi connectivity index (χ2n) is 7.34.